The van der Waals surface area contributed by atoms with E-state index in [0.29, 0.717) is 0 Å². The quantitative estimate of drug-likeness (QED) is 0.582. The first kappa shape index (κ1) is 15.1. The number of ether oxygens (including phenoxy) is 1. The fourth-order valence-electron chi connectivity index (χ4n) is 2.56. The molecule has 1 aromatic carbocycles. The summed E-state index contributed by atoms with van der Waals surface area (Å²) in [5.41, 5.74) is 1.39. The summed E-state index contributed by atoms with van der Waals surface area (Å²) < 4.78 is 7.58. The molecule has 2 rings (SSSR count). The van der Waals surface area contributed by atoms with E-state index in [4.69, 9.17) is 4.74 Å². The van der Waals surface area contributed by atoms with Gasteiger partial charge in [0.2, 0.25) is 0 Å². The Morgan fingerprint density at radius 1 is 1.26 bits per heavy atom. The molecule has 0 unspecified atom stereocenters. The van der Waals surface area contributed by atoms with E-state index >= 15 is 0 Å². The van der Waals surface area contributed by atoms with Crippen LogP contribution in [0.4, 0.5) is 0 Å². The molecule has 1 saturated heterocycles. The first-order chi connectivity index (χ1) is 9.19. The van der Waals surface area contributed by atoms with Crippen LogP contribution >= 0.6 is 22.9 Å². The number of piperidine rings is 1. The summed E-state index contributed by atoms with van der Waals surface area (Å²) in [7, 11) is 3.97. The molecule has 1 fully saturated rings. The molecule has 4 heteroatoms. The lowest BCUT2D eigenvalue weighted by atomic mass is 10.0. The standard InChI is InChI=1S/C15H23IN2O/c1-17(14-8-11-18(16)12-9-14)10-7-13-3-5-15(19-2)6-4-13/h3-6,14H,7-12H2,1-2H3. The lowest BCUT2D eigenvalue weighted by molar-refractivity contribution is 0.181. The third-order valence-electron chi connectivity index (χ3n) is 3.95. The second kappa shape index (κ2) is 7.45. The fourth-order valence-corrected chi connectivity index (χ4v) is 3.11. The van der Waals surface area contributed by atoms with Gasteiger partial charge in [-0.05, 0) is 44.0 Å². The van der Waals surface area contributed by atoms with Crippen LogP contribution in [0.3, 0.4) is 0 Å². The van der Waals surface area contributed by atoms with Gasteiger partial charge in [-0.3, -0.25) is 0 Å². The van der Waals surface area contributed by atoms with Crippen LogP contribution in [0.2, 0.25) is 0 Å². The number of likely N-dealkylation sites (N-methyl/N-ethyl adjacent to an activating group) is 1. The van der Waals surface area contributed by atoms with Gasteiger partial charge in [0.05, 0.1) is 7.11 Å². The predicted octanol–water partition coefficient (Wildman–Crippen LogP) is 2.98. The normalized spacial score (nSPS) is 17.9. The van der Waals surface area contributed by atoms with E-state index in [1.165, 1.54) is 31.5 Å². The van der Waals surface area contributed by atoms with Crippen LogP contribution < -0.4 is 4.74 Å². The van der Waals surface area contributed by atoms with Crippen molar-refractivity contribution in [2.24, 2.45) is 0 Å². The SMILES string of the molecule is COc1ccc(CCN(C)C2CCN(I)CC2)cc1. The molecule has 1 heterocycles. The third-order valence-corrected chi connectivity index (χ3v) is 4.91. The van der Waals surface area contributed by atoms with Gasteiger partial charge in [0.1, 0.15) is 5.75 Å². The molecule has 19 heavy (non-hydrogen) atoms. The highest BCUT2D eigenvalue weighted by molar-refractivity contribution is 14.1. The summed E-state index contributed by atoms with van der Waals surface area (Å²) in [6.07, 6.45) is 3.70. The minimum absolute atomic E-state index is 0.754. The Kier molecular flexibility index (Phi) is 5.91. The summed E-state index contributed by atoms with van der Waals surface area (Å²) in [6, 6.07) is 9.18. The van der Waals surface area contributed by atoms with Crippen molar-refractivity contribution in [3.8, 4) is 5.75 Å². The number of hydrogen-bond donors (Lipinski definition) is 0. The maximum atomic E-state index is 5.18. The molecule has 106 valence electrons. The maximum absolute atomic E-state index is 5.18. The van der Waals surface area contributed by atoms with Gasteiger partial charge >= 0.3 is 0 Å². The summed E-state index contributed by atoms with van der Waals surface area (Å²) in [6.45, 7) is 3.58. The fraction of sp³-hybridized carbons (Fsp3) is 0.600. The molecule has 0 radical (unpaired) electrons. The number of halogens is 1. The summed E-state index contributed by atoms with van der Waals surface area (Å²) >= 11 is 2.43. The van der Waals surface area contributed by atoms with E-state index in [2.05, 4.69) is 50.1 Å². The molecule has 0 aromatic heterocycles. The Labute approximate surface area is 130 Å². The van der Waals surface area contributed by atoms with Crippen molar-refractivity contribution in [2.45, 2.75) is 25.3 Å². The van der Waals surface area contributed by atoms with E-state index in [1.54, 1.807) is 7.11 Å². The highest BCUT2D eigenvalue weighted by atomic mass is 127. The predicted molar refractivity (Wildman–Crippen MR) is 87.9 cm³/mol. The number of rotatable bonds is 5. The lowest BCUT2D eigenvalue weighted by Gasteiger charge is -2.34. The van der Waals surface area contributed by atoms with Gasteiger partial charge in [0.15, 0.2) is 0 Å². The van der Waals surface area contributed by atoms with E-state index in [9.17, 15) is 0 Å². The van der Waals surface area contributed by atoms with Crippen molar-refractivity contribution in [3.63, 3.8) is 0 Å². The third kappa shape index (κ3) is 4.61. The smallest absolute Gasteiger partial charge is 0.118 e. The van der Waals surface area contributed by atoms with Gasteiger partial charge in [-0.15, -0.1) is 0 Å². The summed E-state index contributed by atoms with van der Waals surface area (Å²) in [5.74, 6) is 0.937. The van der Waals surface area contributed by atoms with Crippen molar-refractivity contribution < 1.29 is 4.74 Å². The van der Waals surface area contributed by atoms with Gasteiger partial charge in [0, 0.05) is 48.5 Å². The van der Waals surface area contributed by atoms with Crippen LogP contribution in [-0.4, -0.2) is 47.8 Å². The van der Waals surface area contributed by atoms with Crippen molar-refractivity contribution in [2.75, 3.05) is 33.8 Å². The second-order valence-electron chi connectivity index (χ2n) is 5.22. The van der Waals surface area contributed by atoms with Gasteiger partial charge in [0.25, 0.3) is 0 Å². The number of benzene rings is 1. The largest absolute Gasteiger partial charge is 0.497 e. The number of methoxy groups -OCH3 is 1. The molecule has 0 aliphatic carbocycles. The molecule has 0 atom stereocenters. The zero-order valence-corrected chi connectivity index (χ0v) is 14.0. The van der Waals surface area contributed by atoms with Crippen molar-refractivity contribution in [3.05, 3.63) is 29.8 Å². The minimum Gasteiger partial charge on any atom is -0.497 e. The van der Waals surface area contributed by atoms with Crippen LogP contribution in [0.15, 0.2) is 24.3 Å². The zero-order valence-electron chi connectivity index (χ0n) is 11.8. The van der Waals surface area contributed by atoms with E-state index in [1.807, 2.05) is 12.1 Å². The molecule has 0 saturated carbocycles. The van der Waals surface area contributed by atoms with E-state index in [0.717, 1.165) is 24.8 Å². The lowest BCUT2D eigenvalue weighted by Crippen LogP contribution is -2.40. The maximum Gasteiger partial charge on any atom is 0.118 e. The van der Waals surface area contributed by atoms with Crippen molar-refractivity contribution in [1.29, 1.82) is 0 Å². The number of hydrogen-bond acceptors (Lipinski definition) is 3. The van der Waals surface area contributed by atoms with Crippen LogP contribution in [0, 0.1) is 0 Å². The molecule has 3 nitrogen and oxygen atoms in total. The minimum atomic E-state index is 0.754. The summed E-state index contributed by atoms with van der Waals surface area (Å²) in [4.78, 5) is 2.52. The molecule has 0 spiro atoms. The molecule has 0 bridgehead atoms. The Bertz CT molecular complexity index is 374. The van der Waals surface area contributed by atoms with Gasteiger partial charge < -0.3 is 9.64 Å². The van der Waals surface area contributed by atoms with Crippen LogP contribution in [0.1, 0.15) is 18.4 Å². The summed E-state index contributed by atoms with van der Waals surface area (Å²) in [5, 5.41) is 0. The Balaban J connectivity index is 1.77. The molecule has 0 N–H and O–H groups in total. The topological polar surface area (TPSA) is 15.7 Å². The van der Waals surface area contributed by atoms with E-state index in [-0.39, 0.29) is 0 Å². The Morgan fingerprint density at radius 2 is 1.89 bits per heavy atom. The Hall–Kier alpha value is -0.330. The first-order valence-electron chi connectivity index (χ1n) is 6.93. The van der Waals surface area contributed by atoms with Crippen molar-refractivity contribution >= 4 is 22.9 Å². The molecule has 1 aromatic rings. The van der Waals surface area contributed by atoms with Gasteiger partial charge in [-0.25, -0.2) is 3.11 Å². The molecule has 1 aliphatic rings. The highest BCUT2D eigenvalue weighted by Gasteiger charge is 2.20. The monoisotopic (exact) mass is 374 g/mol. The highest BCUT2D eigenvalue weighted by Crippen LogP contribution is 2.18. The second-order valence-corrected chi connectivity index (χ2v) is 6.58. The molecule has 0 amide bonds. The van der Waals surface area contributed by atoms with Crippen LogP contribution in [0.25, 0.3) is 0 Å². The molecular weight excluding hydrogens is 351 g/mol. The molecule has 1 aliphatic heterocycles. The van der Waals surface area contributed by atoms with Crippen LogP contribution in [0.5, 0.6) is 5.75 Å². The number of nitrogens with zero attached hydrogens (tertiary/aromatic N) is 2. The average Bonchev–Trinajstić information content (AvgIpc) is 2.46. The Morgan fingerprint density at radius 3 is 2.47 bits per heavy atom. The molecular formula is C15H23IN2O. The van der Waals surface area contributed by atoms with Gasteiger partial charge in [-0.2, -0.15) is 0 Å². The zero-order chi connectivity index (χ0) is 13.7. The van der Waals surface area contributed by atoms with Gasteiger partial charge in [-0.1, -0.05) is 12.1 Å². The van der Waals surface area contributed by atoms with E-state index < -0.39 is 0 Å². The van der Waals surface area contributed by atoms with Crippen molar-refractivity contribution in [1.82, 2.24) is 8.01 Å². The van der Waals surface area contributed by atoms with Crippen LogP contribution in [-0.2, 0) is 6.42 Å². The average molecular weight is 374 g/mol. The first-order valence-corrected chi connectivity index (χ1v) is 7.89.